The van der Waals surface area contributed by atoms with Gasteiger partial charge in [-0.3, -0.25) is 0 Å². The number of nitrogens with zero attached hydrogens (tertiary/aromatic N) is 1. The van der Waals surface area contributed by atoms with Crippen LogP contribution in [0.15, 0.2) is 24.3 Å². The van der Waals surface area contributed by atoms with Gasteiger partial charge in [-0.15, -0.1) is 0 Å². The molecule has 1 aliphatic rings. The molecule has 0 saturated carbocycles. The van der Waals surface area contributed by atoms with Crippen LogP contribution < -0.4 is 10.6 Å². The number of alkyl halides is 1. The van der Waals surface area contributed by atoms with Gasteiger partial charge in [-0.2, -0.15) is 0 Å². The minimum Gasteiger partial charge on any atom is -0.368 e. The van der Waals surface area contributed by atoms with Crippen LogP contribution >= 0.6 is 0 Å². The quantitative estimate of drug-likeness (QED) is 0.804. The fraction of sp³-hybridized carbons (Fsp3) is 0.500. The molecule has 0 aromatic heterocycles. The van der Waals surface area contributed by atoms with Gasteiger partial charge in [0.2, 0.25) is 0 Å². The first-order valence-electron chi connectivity index (χ1n) is 5.34. The molecule has 1 aromatic rings. The molecule has 15 heavy (non-hydrogen) atoms. The van der Waals surface area contributed by atoms with Gasteiger partial charge in [0.1, 0.15) is 5.67 Å². The maximum absolute atomic E-state index is 13.9. The minimum absolute atomic E-state index is 0.120. The number of anilines is 1. The van der Waals surface area contributed by atoms with Crippen LogP contribution in [-0.2, 0) is 0 Å². The largest absolute Gasteiger partial charge is 0.368 e. The SMILES string of the molecule is Cc1ccc(N2CCC(F)(CN)C2)cc1. The number of rotatable bonds is 2. The molecule has 0 aliphatic carbocycles. The average Bonchev–Trinajstić information content (AvgIpc) is 2.63. The highest BCUT2D eigenvalue weighted by molar-refractivity contribution is 5.49. The lowest BCUT2D eigenvalue weighted by Crippen LogP contribution is -2.36. The fourth-order valence-electron chi connectivity index (χ4n) is 1.98. The van der Waals surface area contributed by atoms with E-state index in [0.29, 0.717) is 13.0 Å². The molecule has 0 amide bonds. The Morgan fingerprint density at radius 1 is 1.40 bits per heavy atom. The van der Waals surface area contributed by atoms with Gasteiger partial charge in [-0.25, -0.2) is 4.39 Å². The fourth-order valence-corrected chi connectivity index (χ4v) is 1.98. The van der Waals surface area contributed by atoms with Crippen molar-refractivity contribution >= 4 is 5.69 Å². The Morgan fingerprint density at radius 2 is 2.07 bits per heavy atom. The van der Waals surface area contributed by atoms with Crippen LogP contribution in [0.4, 0.5) is 10.1 Å². The second kappa shape index (κ2) is 3.81. The summed E-state index contributed by atoms with van der Waals surface area (Å²) < 4.78 is 13.9. The third-order valence-corrected chi connectivity index (χ3v) is 3.07. The van der Waals surface area contributed by atoms with Gasteiger partial charge >= 0.3 is 0 Å². The molecule has 3 heteroatoms. The van der Waals surface area contributed by atoms with Crippen molar-refractivity contribution in [2.45, 2.75) is 19.0 Å². The van der Waals surface area contributed by atoms with Gasteiger partial charge < -0.3 is 10.6 Å². The molecule has 1 atom stereocenters. The van der Waals surface area contributed by atoms with Crippen LogP contribution in [0, 0.1) is 6.92 Å². The molecule has 1 aromatic carbocycles. The summed E-state index contributed by atoms with van der Waals surface area (Å²) in [6.07, 6.45) is 0.539. The second-order valence-electron chi connectivity index (χ2n) is 4.36. The summed E-state index contributed by atoms with van der Waals surface area (Å²) in [5.74, 6) is 0. The second-order valence-corrected chi connectivity index (χ2v) is 4.36. The molecule has 1 saturated heterocycles. The smallest absolute Gasteiger partial charge is 0.142 e. The summed E-state index contributed by atoms with van der Waals surface area (Å²) >= 11 is 0. The van der Waals surface area contributed by atoms with Crippen LogP contribution in [0.2, 0.25) is 0 Å². The van der Waals surface area contributed by atoms with Crippen LogP contribution in [0.5, 0.6) is 0 Å². The highest BCUT2D eigenvalue weighted by Gasteiger charge is 2.36. The van der Waals surface area contributed by atoms with Crippen LogP contribution in [-0.4, -0.2) is 25.3 Å². The van der Waals surface area contributed by atoms with E-state index >= 15 is 0 Å². The van der Waals surface area contributed by atoms with Crippen molar-refractivity contribution in [3.05, 3.63) is 29.8 Å². The number of benzene rings is 1. The van der Waals surface area contributed by atoms with Crippen molar-refractivity contribution in [3.8, 4) is 0 Å². The van der Waals surface area contributed by atoms with E-state index in [2.05, 4.69) is 17.0 Å². The molecule has 0 bridgehead atoms. The van der Waals surface area contributed by atoms with E-state index in [4.69, 9.17) is 5.73 Å². The molecule has 82 valence electrons. The van der Waals surface area contributed by atoms with Gasteiger partial charge in [0, 0.05) is 25.2 Å². The Balaban J connectivity index is 2.11. The Morgan fingerprint density at radius 3 is 2.60 bits per heavy atom. The van der Waals surface area contributed by atoms with E-state index in [1.165, 1.54) is 5.56 Å². The molecular weight excluding hydrogens is 191 g/mol. The molecule has 1 aliphatic heterocycles. The maximum Gasteiger partial charge on any atom is 0.142 e. The summed E-state index contributed by atoms with van der Waals surface area (Å²) in [5, 5.41) is 0. The number of aryl methyl sites for hydroxylation is 1. The topological polar surface area (TPSA) is 29.3 Å². The number of halogens is 1. The summed E-state index contributed by atoms with van der Waals surface area (Å²) in [5.41, 5.74) is 6.56. The van der Waals surface area contributed by atoms with E-state index in [0.717, 1.165) is 12.2 Å². The number of nitrogens with two attached hydrogens (primary N) is 1. The first-order chi connectivity index (χ1) is 7.13. The van der Waals surface area contributed by atoms with E-state index < -0.39 is 5.67 Å². The zero-order chi connectivity index (χ0) is 10.9. The van der Waals surface area contributed by atoms with Crippen molar-refractivity contribution < 1.29 is 4.39 Å². The van der Waals surface area contributed by atoms with Crippen LogP contribution in [0.25, 0.3) is 0 Å². The Kier molecular flexibility index (Phi) is 2.65. The Bertz CT molecular complexity index is 336. The lowest BCUT2D eigenvalue weighted by Gasteiger charge is -2.21. The summed E-state index contributed by atoms with van der Waals surface area (Å²) in [6, 6.07) is 8.18. The van der Waals surface area contributed by atoms with Gasteiger partial charge in [0.15, 0.2) is 0 Å². The first-order valence-corrected chi connectivity index (χ1v) is 5.34. The van der Waals surface area contributed by atoms with E-state index in [1.54, 1.807) is 0 Å². The van der Waals surface area contributed by atoms with Crippen LogP contribution in [0.3, 0.4) is 0 Å². The maximum atomic E-state index is 13.9. The third kappa shape index (κ3) is 2.12. The summed E-state index contributed by atoms with van der Waals surface area (Å²) in [6.45, 7) is 3.35. The van der Waals surface area contributed by atoms with Crippen molar-refractivity contribution in [3.63, 3.8) is 0 Å². The first kappa shape index (κ1) is 10.4. The van der Waals surface area contributed by atoms with Crippen molar-refractivity contribution in [1.82, 2.24) is 0 Å². The molecule has 0 radical (unpaired) electrons. The monoisotopic (exact) mass is 208 g/mol. The molecule has 1 fully saturated rings. The van der Waals surface area contributed by atoms with Gasteiger partial charge in [0.25, 0.3) is 0 Å². The van der Waals surface area contributed by atoms with Crippen molar-refractivity contribution in [2.24, 2.45) is 5.73 Å². The van der Waals surface area contributed by atoms with Gasteiger partial charge in [-0.1, -0.05) is 17.7 Å². The normalized spacial score (nSPS) is 25.9. The highest BCUT2D eigenvalue weighted by Crippen LogP contribution is 2.28. The predicted octanol–water partition coefficient (Wildman–Crippen LogP) is 1.87. The highest BCUT2D eigenvalue weighted by atomic mass is 19.1. The summed E-state index contributed by atoms with van der Waals surface area (Å²) in [4.78, 5) is 2.06. The average molecular weight is 208 g/mol. The third-order valence-electron chi connectivity index (χ3n) is 3.07. The van der Waals surface area contributed by atoms with E-state index in [1.807, 2.05) is 19.1 Å². The number of hydrogen-bond donors (Lipinski definition) is 1. The minimum atomic E-state index is -1.19. The predicted molar refractivity (Wildman–Crippen MR) is 60.9 cm³/mol. The molecule has 2 N–H and O–H groups in total. The zero-order valence-electron chi connectivity index (χ0n) is 9.04. The zero-order valence-corrected chi connectivity index (χ0v) is 9.04. The standard InChI is InChI=1S/C12H17FN2/c1-10-2-4-11(5-3-10)15-7-6-12(13,8-14)9-15/h2-5H,6-9,14H2,1H3. The molecule has 2 nitrogen and oxygen atoms in total. The number of hydrogen-bond acceptors (Lipinski definition) is 2. The molecular formula is C12H17FN2. The van der Waals surface area contributed by atoms with Crippen LogP contribution in [0.1, 0.15) is 12.0 Å². The molecule has 1 unspecified atom stereocenters. The molecule has 1 heterocycles. The Hall–Kier alpha value is -1.09. The summed E-state index contributed by atoms with van der Waals surface area (Å²) in [7, 11) is 0. The lowest BCUT2D eigenvalue weighted by molar-refractivity contribution is 0.204. The van der Waals surface area contributed by atoms with Gasteiger partial charge in [-0.05, 0) is 19.1 Å². The van der Waals surface area contributed by atoms with E-state index in [9.17, 15) is 4.39 Å². The molecule has 0 spiro atoms. The van der Waals surface area contributed by atoms with Gasteiger partial charge in [0.05, 0.1) is 6.54 Å². The Labute approximate surface area is 89.9 Å². The molecule has 2 rings (SSSR count). The lowest BCUT2D eigenvalue weighted by atomic mass is 10.1. The van der Waals surface area contributed by atoms with Crippen molar-refractivity contribution in [2.75, 3.05) is 24.5 Å². The van der Waals surface area contributed by atoms with Crippen molar-refractivity contribution in [1.29, 1.82) is 0 Å². The van der Waals surface area contributed by atoms with E-state index in [-0.39, 0.29) is 6.54 Å².